The highest BCUT2D eigenvalue weighted by Gasteiger charge is 2.06. The van der Waals surface area contributed by atoms with Crippen LogP contribution in [0.5, 0.6) is 0 Å². The summed E-state index contributed by atoms with van der Waals surface area (Å²) in [5, 5.41) is 3.01. The molecule has 2 atom stereocenters. The maximum absolute atomic E-state index is 6.03. The van der Waals surface area contributed by atoms with Crippen molar-refractivity contribution < 1.29 is 0 Å². The molecule has 0 aliphatic carbocycles. The Balaban J connectivity index is 2.58. The third-order valence-corrected chi connectivity index (χ3v) is 3.22. The lowest BCUT2D eigenvalue weighted by molar-refractivity contribution is 0.416. The summed E-state index contributed by atoms with van der Waals surface area (Å²) < 4.78 is 0. The van der Waals surface area contributed by atoms with Crippen molar-refractivity contribution in [1.29, 1.82) is 0 Å². The van der Waals surface area contributed by atoms with Gasteiger partial charge in [0, 0.05) is 38.4 Å². The Morgan fingerprint density at radius 1 is 1.17 bits per heavy atom. The van der Waals surface area contributed by atoms with Crippen LogP contribution >= 0.6 is 9.39 Å². The molecule has 18 heavy (non-hydrogen) atoms. The first-order valence-corrected chi connectivity index (χ1v) is 6.77. The third-order valence-electron chi connectivity index (χ3n) is 2.98. The summed E-state index contributed by atoms with van der Waals surface area (Å²) in [6, 6.07) is 8.52. The molecule has 102 valence electrons. The van der Waals surface area contributed by atoms with E-state index < -0.39 is 0 Å². The lowest BCUT2D eigenvalue weighted by atomic mass is 10.1. The van der Waals surface area contributed by atoms with E-state index >= 15 is 0 Å². The normalized spacial score (nSPS) is 12.8. The fourth-order valence-corrected chi connectivity index (χ4v) is 1.95. The zero-order valence-electron chi connectivity index (χ0n) is 11.6. The van der Waals surface area contributed by atoms with E-state index in [0.29, 0.717) is 0 Å². The molecule has 0 bridgehead atoms. The van der Waals surface area contributed by atoms with Gasteiger partial charge in [0.15, 0.2) is 0 Å². The van der Waals surface area contributed by atoms with E-state index in [1.165, 1.54) is 5.69 Å². The minimum absolute atomic E-state index is 0.0450. The summed E-state index contributed by atoms with van der Waals surface area (Å²) in [6.07, 6.45) is 0. The van der Waals surface area contributed by atoms with E-state index in [2.05, 4.69) is 69.7 Å². The van der Waals surface area contributed by atoms with Crippen molar-refractivity contribution in [2.75, 3.05) is 45.7 Å². The van der Waals surface area contributed by atoms with Crippen LogP contribution in [0.15, 0.2) is 24.3 Å². The van der Waals surface area contributed by atoms with E-state index in [4.69, 9.17) is 5.73 Å². The molecule has 1 aromatic rings. The molecular weight excluding hydrogens is 243 g/mol. The van der Waals surface area contributed by atoms with E-state index in [-0.39, 0.29) is 6.04 Å². The van der Waals surface area contributed by atoms with E-state index in [0.717, 1.165) is 25.2 Å². The van der Waals surface area contributed by atoms with Gasteiger partial charge in [0.2, 0.25) is 0 Å². The average Bonchev–Trinajstić information content (AvgIpc) is 2.36. The van der Waals surface area contributed by atoms with Gasteiger partial charge in [-0.05, 0) is 31.8 Å². The number of hydrogen-bond acceptors (Lipinski definition) is 4. The van der Waals surface area contributed by atoms with Gasteiger partial charge in [0.25, 0.3) is 0 Å². The minimum Gasteiger partial charge on any atom is -0.373 e. The topological polar surface area (TPSA) is 44.5 Å². The molecule has 0 saturated carbocycles. The molecule has 4 nitrogen and oxygen atoms in total. The highest BCUT2D eigenvalue weighted by Crippen LogP contribution is 2.17. The van der Waals surface area contributed by atoms with Crippen LogP contribution in [0, 0.1) is 0 Å². The molecule has 5 heteroatoms. The smallest absolute Gasteiger partial charge is 0.0424 e. The molecule has 0 aliphatic heterocycles. The molecule has 0 aromatic heterocycles. The van der Waals surface area contributed by atoms with Crippen molar-refractivity contribution in [3.63, 3.8) is 0 Å². The van der Waals surface area contributed by atoms with E-state index in [9.17, 15) is 0 Å². The van der Waals surface area contributed by atoms with Crippen LogP contribution in [0.25, 0.3) is 0 Å². The summed E-state index contributed by atoms with van der Waals surface area (Å²) in [4.78, 5) is 4.44. The average molecular weight is 268 g/mol. The number of nitrogens with two attached hydrogens (primary N) is 1. The second kappa shape index (κ2) is 7.70. The van der Waals surface area contributed by atoms with Gasteiger partial charge in [-0.2, -0.15) is 0 Å². The van der Waals surface area contributed by atoms with Gasteiger partial charge in [-0.3, -0.25) is 5.09 Å². The maximum Gasteiger partial charge on any atom is 0.0424 e. The fourth-order valence-electron chi connectivity index (χ4n) is 1.70. The molecule has 0 saturated heterocycles. The Hall–Kier alpha value is -0.670. The summed E-state index contributed by atoms with van der Waals surface area (Å²) in [5.41, 5.74) is 8.42. The predicted molar refractivity (Wildman–Crippen MR) is 82.9 cm³/mol. The number of benzene rings is 1. The number of rotatable bonds is 7. The number of nitrogens with one attached hydrogen (secondary N) is 1. The standard InChI is InChI=1S/C13H25N4P/c1-16(2)8-9-17(3)12-6-4-11(5-7-12)13(14)10-15-18/h4-7,13,15H,8-10,14,18H2,1-3H3. The lowest BCUT2D eigenvalue weighted by Crippen LogP contribution is -2.28. The fraction of sp³-hybridized carbons (Fsp3) is 0.538. The zero-order valence-corrected chi connectivity index (χ0v) is 12.7. The molecular formula is C13H25N4P. The van der Waals surface area contributed by atoms with Gasteiger partial charge >= 0.3 is 0 Å². The Morgan fingerprint density at radius 3 is 2.28 bits per heavy atom. The molecule has 0 aliphatic rings. The van der Waals surface area contributed by atoms with Crippen molar-refractivity contribution >= 4 is 15.1 Å². The first kappa shape index (κ1) is 15.4. The minimum atomic E-state index is 0.0450. The quantitative estimate of drug-likeness (QED) is 0.726. The molecule has 0 spiro atoms. The van der Waals surface area contributed by atoms with Crippen LogP contribution < -0.4 is 15.7 Å². The molecule has 3 N–H and O–H groups in total. The highest BCUT2D eigenvalue weighted by molar-refractivity contribution is 7.13. The predicted octanol–water partition coefficient (Wildman–Crippen LogP) is 1.06. The van der Waals surface area contributed by atoms with Crippen LogP contribution in [0.4, 0.5) is 5.69 Å². The van der Waals surface area contributed by atoms with Crippen LogP contribution in [0.2, 0.25) is 0 Å². The van der Waals surface area contributed by atoms with Gasteiger partial charge in [-0.15, -0.1) is 0 Å². The highest BCUT2D eigenvalue weighted by atomic mass is 31.0. The Kier molecular flexibility index (Phi) is 6.58. The summed E-state index contributed by atoms with van der Waals surface area (Å²) in [5.74, 6) is 0. The zero-order chi connectivity index (χ0) is 13.5. The SMILES string of the molecule is CN(C)CCN(C)c1ccc(C(N)CNP)cc1. The van der Waals surface area contributed by atoms with Gasteiger partial charge in [0.05, 0.1) is 0 Å². The molecule has 0 amide bonds. The monoisotopic (exact) mass is 268 g/mol. The Bertz CT molecular complexity index is 339. The molecule has 0 fully saturated rings. The van der Waals surface area contributed by atoms with Crippen LogP contribution in [-0.2, 0) is 0 Å². The lowest BCUT2D eigenvalue weighted by Gasteiger charge is -2.22. The molecule has 1 aromatic carbocycles. The number of nitrogens with zero attached hydrogens (tertiary/aromatic N) is 2. The summed E-state index contributed by atoms with van der Waals surface area (Å²) >= 11 is 0. The number of likely N-dealkylation sites (N-methyl/N-ethyl adjacent to an activating group) is 2. The van der Waals surface area contributed by atoms with E-state index in [1.807, 2.05) is 0 Å². The second-order valence-electron chi connectivity index (χ2n) is 4.83. The van der Waals surface area contributed by atoms with E-state index in [1.54, 1.807) is 0 Å². The largest absolute Gasteiger partial charge is 0.373 e. The number of hydrogen-bond donors (Lipinski definition) is 2. The van der Waals surface area contributed by atoms with Gasteiger partial charge in [0.1, 0.15) is 0 Å². The molecule has 2 unspecified atom stereocenters. The van der Waals surface area contributed by atoms with Crippen molar-refractivity contribution in [1.82, 2.24) is 9.99 Å². The van der Waals surface area contributed by atoms with Crippen molar-refractivity contribution in [3.8, 4) is 0 Å². The second-order valence-corrected chi connectivity index (χ2v) is 5.24. The van der Waals surface area contributed by atoms with Gasteiger partial charge in [-0.1, -0.05) is 21.5 Å². The molecule has 0 heterocycles. The van der Waals surface area contributed by atoms with Crippen molar-refractivity contribution in [2.45, 2.75) is 6.04 Å². The molecule has 0 radical (unpaired) electrons. The Morgan fingerprint density at radius 2 is 1.78 bits per heavy atom. The first-order chi connectivity index (χ1) is 8.54. The van der Waals surface area contributed by atoms with Crippen molar-refractivity contribution in [3.05, 3.63) is 29.8 Å². The van der Waals surface area contributed by atoms with Crippen LogP contribution in [-0.4, -0.2) is 45.7 Å². The Labute approximate surface area is 113 Å². The maximum atomic E-state index is 6.03. The van der Waals surface area contributed by atoms with Crippen molar-refractivity contribution in [2.24, 2.45) is 5.73 Å². The molecule has 1 rings (SSSR count). The number of anilines is 1. The van der Waals surface area contributed by atoms with Gasteiger partial charge in [-0.25, -0.2) is 0 Å². The van der Waals surface area contributed by atoms with Crippen LogP contribution in [0.3, 0.4) is 0 Å². The first-order valence-electron chi connectivity index (χ1n) is 6.19. The van der Waals surface area contributed by atoms with Gasteiger partial charge < -0.3 is 15.5 Å². The third kappa shape index (κ3) is 4.91. The van der Waals surface area contributed by atoms with Crippen LogP contribution in [0.1, 0.15) is 11.6 Å². The summed E-state index contributed by atoms with van der Waals surface area (Å²) in [7, 11) is 8.77. The summed E-state index contributed by atoms with van der Waals surface area (Å²) in [6.45, 7) is 2.83.